The molecule has 27 heavy (non-hydrogen) atoms. The molecular weight excluding hydrogens is 357 g/mol. The zero-order chi connectivity index (χ0) is 19.0. The van der Waals surface area contributed by atoms with Crippen molar-refractivity contribution in [1.82, 2.24) is 4.57 Å². The van der Waals surface area contributed by atoms with Crippen molar-refractivity contribution in [1.29, 1.82) is 0 Å². The molecular formula is C20H18F3N2O2+. The first kappa shape index (κ1) is 17.5. The number of alkyl halides is 3. The van der Waals surface area contributed by atoms with Crippen LogP contribution in [0.15, 0.2) is 54.7 Å². The number of aryl methyl sites for hydroxylation is 1. The summed E-state index contributed by atoms with van der Waals surface area (Å²) < 4.78 is 50.7. The first-order valence-electron chi connectivity index (χ1n) is 8.59. The predicted molar refractivity (Wildman–Crippen MR) is 93.0 cm³/mol. The van der Waals surface area contributed by atoms with E-state index in [2.05, 4.69) is 13.9 Å². The molecule has 4 nitrogen and oxygen atoms in total. The minimum atomic E-state index is -4.69. The largest absolute Gasteiger partial charge is 0.573 e. The molecule has 1 aliphatic rings. The van der Waals surface area contributed by atoms with Gasteiger partial charge in [0.15, 0.2) is 5.69 Å². The lowest BCUT2D eigenvalue weighted by molar-refractivity contribution is -0.689. The van der Waals surface area contributed by atoms with Crippen LogP contribution in [-0.4, -0.2) is 18.0 Å². The minimum absolute atomic E-state index is 0.228. The molecule has 1 aliphatic heterocycles. The van der Waals surface area contributed by atoms with Crippen molar-refractivity contribution in [2.75, 3.05) is 7.11 Å². The summed E-state index contributed by atoms with van der Waals surface area (Å²) in [5.74, 6) is 1.71. The van der Waals surface area contributed by atoms with Gasteiger partial charge in [-0.3, -0.25) is 0 Å². The van der Waals surface area contributed by atoms with Crippen LogP contribution in [0.4, 0.5) is 13.2 Å². The van der Waals surface area contributed by atoms with Gasteiger partial charge in [-0.15, -0.1) is 13.2 Å². The topological polar surface area (TPSA) is 27.3 Å². The number of halogens is 3. The maximum absolute atomic E-state index is 12.4. The van der Waals surface area contributed by atoms with Crippen molar-refractivity contribution in [2.45, 2.75) is 25.7 Å². The highest BCUT2D eigenvalue weighted by atomic mass is 19.4. The van der Waals surface area contributed by atoms with Gasteiger partial charge >= 0.3 is 6.36 Å². The van der Waals surface area contributed by atoms with E-state index in [1.54, 1.807) is 19.2 Å². The molecule has 0 N–H and O–H groups in total. The summed E-state index contributed by atoms with van der Waals surface area (Å²) in [4.78, 5) is 0. The normalized spacial score (nSPS) is 13.5. The second-order valence-corrected chi connectivity index (χ2v) is 6.33. The van der Waals surface area contributed by atoms with Crippen molar-refractivity contribution in [3.05, 3.63) is 60.6 Å². The van der Waals surface area contributed by atoms with Gasteiger partial charge in [-0.05, 0) is 55.0 Å². The van der Waals surface area contributed by atoms with E-state index < -0.39 is 6.36 Å². The highest BCUT2D eigenvalue weighted by Gasteiger charge is 2.32. The Morgan fingerprint density at radius 1 is 0.963 bits per heavy atom. The summed E-state index contributed by atoms with van der Waals surface area (Å²) >= 11 is 0. The molecule has 2 heterocycles. The van der Waals surface area contributed by atoms with E-state index in [1.165, 1.54) is 18.0 Å². The molecule has 0 fully saturated rings. The van der Waals surface area contributed by atoms with Crippen molar-refractivity contribution < 1.29 is 27.2 Å². The predicted octanol–water partition coefficient (Wildman–Crippen LogP) is 4.29. The smallest absolute Gasteiger partial charge is 0.497 e. The van der Waals surface area contributed by atoms with E-state index in [9.17, 15) is 13.2 Å². The van der Waals surface area contributed by atoms with Crippen LogP contribution in [0.1, 0.15) is 12.2 Å². The van der Waals surface area contributed by atoms with Crippen LogP contribution >= 0.6 is 0 Å². The fourth-order valence-electron chi connectivity index (χ4n) is 3.45. The molecule has 0 unspecified atom stereocenters. The maximum atomic E-state index is 12.4. The third-order valence-corrected chi connectivity index (χ3v) is 4.62. The number of methoxy groups -OCH3 is 1. The fourth-order valence-corrected chi connectivity index (χ4v) is 3.45. The first-order valence-corrected chi connectivity index (χ1v) is 8.59. The minimum Gasteiger partial charge on any atom is -0.497 e. The van der Waals surface area contributed by atoms with Gasteiger partial charge in [0.25, 0.3) is 5.82 Å². The Kier molecular flexibility index (Phi) is 4.30. The molecule has 3 aromatic rings. The highest BCUT2D eigenvalue weighted by Crippen LogP contribution is 2.30. The van der Waals surface area contributed by atoms with Crippen molar-refractivity contribution in [3.63, 3.8) is 0 Å². The zero-order valence-corrected chi connectivity index (χ0v) is 14.7. The van der Waals surface area contributed by atoms with Crippen LogP contribution in [0.5, 0.6) is 11.5 Å². The molecule has 0 atom stereocenters. The molecule has 4 rings (SSSR count). The summed E-state index contributed by atoms with van der Waals surface area (Å²) in [7, 11) is 1.62. The van der Waals surface area contributed by atoms with Gasteiger partial charge in [0, 0.05) is 5.56 Å². The molecule has 0 bridgehead atoms. The average Bonchev–Trinajstić information content (AvgIpc) is 3.22. The van der Waals surface area contributed by atoms with Gasteiger partial charge in [0.1, 0.15) is 23.4 Å². The number of fused-ring (bicyclic) bond motifs is 1. The molecule has 0 saturated carbocycles. The van der Waals surface area contributed by atoms with E-state index in [1.807, 2.05) is 30.5 Å². The van der Waals surface area contributed by atoms with E-state index >= 15 is 0 Å². The molecule has 0 radical (unpaired) electrons. The van der Waals surface area contributed by atoms with Gasteiger partial charge in [-0.1, -0.05) is 0 Å². The molecule has 0 saturated heterocycles. The van der Waals surface area contributed by atoms with E-state index in [0.29, 0.717) is 0 Å². The summed E-state index contributed by atoms with van der Waals surface area (Å²) in [6.45, 7) is 0.931. The number of nitrogens with zero attached hydrogens (tertiary/aromatic N) is 2. The monoisotopic (exact) mass is 375 g/mol. The van der Waals surface area contributed by atoms with Crippen LogP contribution in [0.3, 0.4) is 0 Å². The van der Waals surface area contributed by atoms with Crippen LogP contribution in [0.2, 0.25) is 0 Å². The molecule has 0 spiro atoms. The highest BCUT2D eigenvalue weighted by molar-refractivity contribution is 5.63. The second-order valence-electron chi connectivity index (χ2n) is 6.33. The van der Waals surface area contributed by atoms with Crippen LogP contribution < -0.4 is 14.0 Å². The lowest BCUT2D eigenvalue weighted by Gasteiger charge is -2.09. The van der Waals surface area contributed by atoms with E-state index in [-0.39, 0.29) is 5.75 Å². The van der Waals surface area contributed by atoms with Crippen LogP contribution in [0, 0.1) is 0 Å². The summed E-state index contributed by atoms with van der Waals surface area (Å²) in [5, 5.41) is 0. The Hall–Kier alpha value is -2.96. The van der Waals surface area contributed by atoms with Crippen LogP contribution in [-0.2, 0) is 13.0 Å². The molecule has 2 aromatic carbocycles. The van der Waals surface area contributed by atoms with Crippen molar-refractivity contribution in [3.8, 4) is 28.4 Å². The number of ether oxygens (including phenoxy) is 2. The third-order valence-electron chi connectivity index (χ3n) is 4.62. The lowest BCUT2D eigenvalue weighted by Crippen LogP contribution is -2.30. The van der Waals surface area contributed by atoms with E-state index in [4.69, 9.17) is 4.74 Å². The average molecular weight is 375 g/mol. The first-order chi connectivity index (χ1) is 12.9. The van der Waals surface area contributed by atoms with Gasteiger partial charge in [0.05, 0.1) is 20.1 Å². The molecule has 1 aromatic heterocycles. The SMILES string of the molecule is COc1ccc(-n2c(-c3ccc(OC(F)(F)F)cc3)c[n+]3c2CCC3)cc1. The Morgan fingerprint density at radius 3 is 2.26 bits per heavy atom. The quantitative estimate of drug-likeness (QED) is 0.637. The van der Waals surface area contributed by atoms with Gasteiger partial charge in [0.2, 0.25) is 0 Å². The van der Waals surface area contributed by atoms with Crippen molar-refractivity contribution in [2.24, 2.45) is 0 Å². The number of aromatic nitrogens is 2. The standard InChI is InChI=1S/C20H18F3N2O2/c1-26-16-10-6-15(7-11-16)25-18(13-24-12-2-3-19(24)25)14-4-8-17(9-5-14)27-20(21,22)23/h4-11,13H,2-3,12H2,1H3/q+1. The van der Waals surface area contributed by atoms with Gasteiger partial charge < -0.3 is 9.47 Å². The molecule has 140 valence electrons. The number of imidazole rings is 1. The maximum Gasteiger partial charge on any atom is 0.573 e. The molecule has 0 amide bonds. The van der Waals surface area contributed by atoms with Crippen molar-refractivity contribution >= 4 is 0 Å². The van der Waals surface area contributed by atoms with Crippen LogP contribution in [0.25, 0.3) is 16.9 Å². The van der Waals surface area contributed by atoms with E-state index in [0.717, 1.165) is 42.1 Å². The number of hydrogen-bond acceptors (Lipinski definition) is 2. The van der Waals surface area contributed by atoms with Gasteiger partial charge in [-0.2, -0.15) is 4.57 Å². The number of hydrogen-bond donors (Lipinski definition) is 0. The summed E-state index contributed by atoms with van der Waals surface area (Å²) in [6.07, 6.45) is -0.626. The Bertz CT molecular complexity index is 945. The number of benzene rings is 2. The summed E-state index contributed by atoms with van der Waals surface area (Å²) in [5.41, 5.74) is 2.73. The van der Waals surface area contributed by atoms with Gasteiger partial charge in [-0.25, -0.2) is 4.57 Å². The number of rotatable bonds is 4. The molecule has 0 aliphatic carbocycles. The lowest BCUT2D eigenvalue weighted by atomic mass is 10.1. The Balaban J connectivity index is 1.75. The fraction of sp³-hybridized carbons (Fsp3) is 0.250. The second kappa shape index (κ2) is 6.64. The summed E-state index contributed by atoms with van der Waals surface area (Å²) in [6, 6.07) is 13.7. The molecule has 7 heteroatoms. The third kappa shape index (κ3) is 3.49. The Labute approximate surface area is 154 Å². The Morgan fingerprint density at radius 2 is 1.63 bits per heavy atom. The zero-order valence-electron chi connectivity index (χ0n) is 14.7.